The summed E-state index contributed by atoms with van der Waals surface area (Å²) < 4.78 is 11.9. The molecule has 3 N–H and O–H groups in total. The van der Waals surface area contributed by atoms with Crippen LogP contribution in [0.3, 0.4) is 0 Å². The lowest BCUT2D eigenvalue weighted by molar-refractivity contribution is -0.143. The van der Waals surface area contributed by atoms with Gasteiger partial charge in [0.05, 0.1) is 30.6 Å². The molecule has 2 aromatic carbocycles. The number of rotatable bonds is 26. The van der Waals surface area contributed by atoms with Gasteiger partial charge >= 0.3 is 0 Å². The normalized spacial score (nSPS) is 16.9. The molecule has 3 rings (SSSR count). The summed E-state index contributed by atoms with van der Waals surface area (Å²) in [4.78, 5) is 82.4. The second-order valence-corrected chi connectivity index (χ2v) is 16.3. The third kappa shape index (κ3) is 15.8. The number of amides is 6. The molecule has 1 aliphatic heterocycles. The monoisotopic (exact) mass is 847 g/mol. The Kier molecular flexibility index (Phi) is 21.8. The van der Waals surface area contributed by atoms with Crippen LogP contribution >= 0.6 is 0 Å². The summed E-state index contributed by atoms with van der Waals surface area (Å²) in [5.41, 5.74) is 2.25. The number of ether oxygens (including phenoxy) is 2. The fraction of sp³-hybridized carbons (Fsp3) is 0.574. The number of likely N-dealkylation sites (N-methyl/N-ethyl adjacent to an activating group) is 1. The van der Waals surface area contributed by atoms with E-state index >= 15 is 0 Å². The topological polar surface area (TPSA) is 167 Å². The molecule has 336 valence electrons. The number of anilines is 1. The van der Waals surface area contributed by atoms with Crippen LogP contribution in [0.5, 0.6) is 0 Å². The van der Waals surface area contributed by atoms with Gasteiger partial charge in [-0.15, -0.1) is 0 Å². The van der Waals surface area contributed by atoms with Gasteiger partial charge in [0, 0.05) is 58.4 Å². The number of carbonyl (C=O) groups is 6. The summed E-state index contributed by atoms with van der Waals surface area (Å²) in [5.74, 6) is -1.59. The number of methoxy groups -OCH3 is 2. The van der Waals surface area contributed by atoms with Crippen molar-refractivity contribution < 1.29 is 38.2 Å². The molecule has 6 unspecified atom stereocenters. The van der Waals surface area contributed by atoms with E-state index in [2.05, 4.69) is 34.7 Å². The Morgan fingerprint density at radius 1 is 0.918 bits per heavy atom. The number of nitrogens with zero attached hydrogens (tertiary/aromatic N) is 3. The number of nitrogens with one attached hydrogen (secondary N) is 3. The predicted molar refractivity (Wildman–Crippen MR) is 237 cm³/mol. The Hall–Kier alpha value is -4.92. The molecule has 0 aromatic heterocycles. The first-order valence-electron chi connectivity index (χ1n) is 21.7. The Morgan fingerprint density at radius 2 is 1.62 bits per heavy atom. The fourth-order valence-electron chi connectivity index (χ4n) is 8.15. The zero-order chi connectivity index (χ0) is 44.9. The van der Waals surface area contributed by atoms with E-state index in [1.807, 2.05) is 61.5 Å². The summed E-state index contributed by atoms with van der Waals surface area (Å²) in [6, 6.07) is 15.5. The summed E-state index contributed by atoms with van der Waals surface area (Å²) in [7, 11) is 7.24. The highest BCUT2D eigenvalue weighted by atomic mass is 16.5. The molecule has 14 nitrogen and oxygen atoms in total. The largest absolute Gasteiger partial charge is 0.379 e. The smallest absolute Gasteiger partial charge is 0.252 e. The molecule has 14 heteroatoms. The maximum atomic E-state index is 14.0. The molecule has 0 radical (unpaired) electrons. The van der Waals surface area contributed by atoms with E-state index in [1.54, 1.807) is 46.3 Å². The van der Waals surface area contributed by atoms with Gasteiger partial charge in [0.25, 0.3) is 5.91 Å². The maximum Gasteiger partial charge on any atom is 0.252 e. The first-order valence-corrected chi connectivity index (χ1v) is 21.7. The molecule has 0 saturated carbocycles. The van der Waals surface area contributed by atoms with Gasteiger partial charge in [-0.3, -0.25) is 33.7 Å². The van der Waals surface area contributed by atoms with Crippen molar-refractivity contribution in [3.05, 3.63) is 77.9 Å². The van der Waals surface area contributed by atoms with Crippen LogP contribution in [0.15, 0.2) is 66.7 Å². The number of imide groups is 1. The number of hydrogen-bond acceptors (Lipinski definition) is 9. The van der Waals surface area contributed by atoms with E-state index < -0.39 is 18.1 Å². The minimum Gasteiger partial charge on any atom is -0.379 e. The standard InChI is InChI=1S/C47H70N6O8/c1-9-18-42(56)52(32-54)27-16-12-15-22-41(55)48-31-36-23-25-37(26-24-36)49-47(59)38(29-35-19-13-11-14-20-35)50-46(58)34(4)45(61-8)39-21-17-28-53(39)43(57)30-40(60-7)44(51(5)6)33(3)10-2/h9,11,13-14,18-20,23-26,32-34,38-40,44-45H,10,12,15-17,21-22,27-31H2,1-8H3,(H,48,55)(H,49,59)(H,50,58)/b18-9-/t33?,34?,38-,39?,40?,44?,45?/m0/s1. The van der Waals surface area contributed by atoms with E-state index in [-0.39, 0.29) is 60.6 Å². The zero-order valence-corrected chi connectivity index (χ0v) is 37.6. The third-order valence-corrected chi connectivity index (χ3v) is 11.7. The third-order valence-electron chi connectivity index (χ3n) is 11.7. The molecule has 0 aliphatic carbocycles. The highest BCUT2D eigenvalue weighted by Crippen LogP contribution is 2.29. The van der Waals surface area contributed by atoms with Crippen molar-refractivity contribution in [2.24, 2.45) is 11.8 Å². The van der Waals surface area contributed by atoms with Gasteiger partial charge < -0.3 is 35.2 Å². The van der Waals surface area contributed by atoms with Crippen LogP contribution in [0.2, 0.25) is 0 Å². The molecule has 0 spiro atoms. The van der Waals surface area contributed by atoms with Crippen LogP contribution in [0, 0.1) is 11.8 Å². The maximum absolute atomic E-state index is 14.0. The number of unbranched alkanes of at least 4 members (excludes halogenated alkanes) is 2. The van der Waals surface area contributed by atoms with Crippen LogP contribution in [-0.2, 0) is 51.2 Å². The molecular weight excluding hydrogens is 777 g/mol. The minimum absolute atomic E-state index is 0.0272. The van der Waals surface area contributed by atoms with Crippen molar-refractivity contribution in [2.45, 2.75) is 122 Å². The van der Waals surface area contributed by atoms with Gasteiger partial charge in [-0.25, -0.2) is 0 Å². The number of allylic oxidation sites excluding steroid dienone is 1. The average molecular weight is 847 g/mol. The molecule has 1 aliphatic rings. The van der Waals surface area contributed by atoms with Crippen molar-refractivity contribution in [3.63, 3.8) is 0 Å². The Balaban J connectivity index is 1.61. The van der Waals surface area contributed by atoms with Crippen molar-refractivity contribution in [2.75, 3.05) is 46.7 Å². The fourth-order valence-corrected chi connectivity index (χ4v) is 8.15. The summed E-state index contributed by atoms with van der Waals surface area (Å²) in [6.07, 6.45) is 7.73. The van der Waals surface area contributed by atoms with E-state index in [4.69, 9.17) is 9.47 Å². The number of hydrogen-bond donors (Lipinski definition) is 3. The number of benzene rings is 2. The SMILES string of the molecule is C/C=C\C(=O)N(C=O)CCCCCC(=O)NCc1ccc(NC(=O)[C@H](Cc2ccccc2)NC(=O)C(C)C(OC)C2CCCN2C(=O)CC(OC)C(C(C)CC)N(C)C)cc1. The minimum atomic E-state index is -0.906. The van der Waals surface area contributed by atoms with Gasteiger partial charge in [0.1, 0.15) is 6.04 Å². The van der Waals surface area contributed by atoms with Crippen molar-refractivity contribution in [1.82, 2.24) is 25.3 Å². The van der Waals surface area contributed by atoms with Gasteiger partial charge in [0.2, 0.25) is 30.0 Å². The summed E-state index contributed by atoms with van der Waals surface area (Å²) >= 11 is 0. The van der Waals surface area contributed by atoms with Crippen molar-refractivity contribution in [3.8, 4) is 0 Å². The van der Waals surface area contributed by atoms with E-state index in [0.29, 0.717) is 69.8 Å². The zero-order valence-electron chi connectivity index (χ0n) is 37.6. The molecular formula is C47H70N6O8. The van der Waals surface area contributed by atoms with Crippen LogP contribution in [0.1, 0.15) is 90.2 Å². The lowest BCUT2D eigenvalue weighted by Gasteiger charge is -2.38. The molecule has 0 bridgehead atoms. The lowest BCUT2D eigenvalue weighted by Crippen LogP contribution is -2.54. The number of carbonyl (C=O) groups excluding carboxylic acids is 6. The first kappa shape index (κ1) is 50.4. The van der Waals surface area contributed by atoms with Crippen LogP contribution < -0.4 is 16.0 Å². The molecule has 2 aromatic rings. The summed E-state index contributed by atoms with van der Waals surface area (Å²) in [5, 5.41) is 8.85. The summed E-state index contributed by atoms with van der Waals surface area (Å²) in [6.45, 7) is 8.98. The first-order chi connectivity index (χ1) is 29.3. The Bertz CT molecular complexity index is 1720. The van der Waals surface area contributed by atoms with Crippen LogP contribution in [0.25, 0.3) is 0 Å². The van der Waals surface area contributed by atoms with Gasteiger partial charge in [-0.2, -0.15) is 0 Å². The molecule has 7 atom stereocenters. The quantitative estimate of drug-likeness (QED) is 0.0663. The Labute approximate surface area is 363 Å². The number of likely N-dealkylation sites (tertiary alicyclic amines) is 1. The predicted octanol–water partition coefficient (Wildman–Crippen LogP) is 5.11. The lowest BCUT2D eigenvalue weighted by atomic mass is 9.90. The molecule has 1 fully saturated rings. The molecule has 1 saturated heterocycles. The molecule has 6 amide bonds. The average Bonchev–Trinajstić information content (AvgIpc) is 3.74. The molecule has 61 heavy (non-hydrogen) atoms. The van der Waals surface area contributed by atoms with Gasteiger partial charge in [-0.1, -0.05) is 82.2 Å². The van der Waals surface area contributed by atoms with Gasteiger partial charge in [-0.05, 0) is 82.0 Å². The van der Waals surface area contributed by atoms with E-state index in [1.165, 1.54) is 6.08 Å². The van der Waals surface area contributed by atoms with E-state index in [9.17, 15) is 28.8 Å². The van der Waals surface area contributed by atoms with Crippen LogP contribution in [0.4, 0.5) is 5.69 Å². The highest BCUT2D eigenvalue weighted by Gasteiger charge is 2.42. The molecule has 1 heterocycles. The highest BCUT2D eigenvalue weighted by molar-refractivity contribution is 5.98. The van der Waals surface area contributed by atoms with Crippen LogP contribution in [-0.4, -0.2) is 122 Å². The van der Waals surface area contributed by atoms with Crippen molar-refractivity contribution >= 4 is 41.6 Å². The second-order valence-electron chi connectivity index (χ2n) is 16.3. The van der Waals surface area contributed by atoms with E-state index in [0.717, 1.165) is 28.9 Å². The second kappa shape index (κ2) is 26.4. The van der Waals surface area contributed by atoms with Gasteiger partial charge in [0.15, 0.2) is 0 Å². The Morgan fingerprint density at radius 3 is 2.23 bits per heavy atom. The van der Waals surface area contributed by atoms with Crippen molar-refractivity contribution in [1.29, 1.82) is 0 Å².